The molecule has 2 aromatic carbocycles. The molecule has 0 aromatic heterocycles. The predicted octanol–water partition coefficient (Wildman–Crippen LogP) is 3.72. The first-order valence-corrected chi connectivity index (χ1v) is 10.3. The van der Waals surface area contributed by atoms with Crippen LogP contribution < -0.4 is 9.47 Å². The Morgan fingerprint density at radius 3 is 2.31 bits per heavy atom. The number of methoxy groups -OCH3 is 2. The molecular formula is C25H27NO6. The van der Waals surface area contributed by atoms with E-state index in [1.54, 1.807) is 68.8 Å². The molecule has 32 heavy (non-hydrogen) atoms. The van der Waals surface area contributed by atoms with Crippen LogP contribution in [0.4, 0.5) is 0 Å². The van der Waals surface area contributed by atoms with Gasteiger partial charge in [-0.25, -0.2) is 0 Å². The van der Waals surface area contributed by atoms with Crippen molar-refractivity contribution in [1.82, 2.24) is 4.90 Å². The predicted molar refractivity (Wildman–Crippen MR) is 121 cm³/mol. The summed E-state index contributed by atoms with van der Waals surface area (Å²) in [6, 6.07) is 13.1. The van der Waals surface area contributed by atoms with Crippen molar-refractivity contribution in [3.05, 3.63) is 77.9 Å². The number of aliphatic hydroxyl groups is 1. The molecule has 1 aliphatic heterocycles. The Kier molecular flexibility index (Phi) is 7.68. The second kappa shape index (κ2) is 10.6. The van der Waals surface area contributed by atoms with E-state index >= 15 is 0 Å². The number of benzene rings is 2. The largest absolute Gasteiger partial charge is 0.507 e. The summed E-state index contributed by atoms with van der Waals surface area (Å²) in [5.74, 6) is -0.329. The fraction of sp³-hybridized carbons (Fsp3) is 0.280. The smallest absolute Gasteiger partial charge is 0.295 e. The van der Waals surface area contributed by atoms with Crippen LogP contribution in [0, 0.1) is 0 Å². The molecule has 7 heteroatoms. The van der Waals surface area contributed by atoms with E-state index in [0.29, 0.717) is 48.8 Å². The maximum atomic E-state index is 13.0. The summed E-state index contributed by atoms with van der Waals surface area (Å²) in [6.07, 6.45) is 2.19. The first-order valence-electron chi connectivity index (χ1n) is 10.3. The lowest BCUT2D eigenvalue weighted by molar-refractivity contribution is -0.140. The third-order valence-electron chi connectivity index (χ3n) is 5.21. The Morgan fingerprint density at radius 1 is 1.06 bits per heavy atom. The number of carbonyl (C=O) groups is 2. The zero-order chi connectivity index (χ0) is 23.1. The summed E-state index contributed by atoms with van der Waals surface area (Å²) in [6.45, 7) is 4.73. The highest BCUT2D eigenvalue weighted by Gasteiger charge is 2.45. The summed E-state index contributed by atoms with van der Waals surface area (Å²) in [7, 11) is 3.14. The Bertz CT molecular complexity index is 994. The van der Waals surface area contributed by atoms with Crippen LogP contribution in [-0.2, 0) is 14.3 Å². The van der Waals surface area contributed by atoms with Gasteiger partial charge in [0, 0.05) is 25.8 Å². The molecule has 1 amide bonds. The number of ether oxygens (including phenoxy) is 3. The van der Waals surface area contributed by atoms with Crippen LogP contribution in [0.5, 0.6) is 11.5 Å². The fourth-order valence-corrected chi connectivity index (χ4v) is 3.64. The SMILES string of the molecule is C=CCOc1ccc(/C(O)=C2\C(=O)C(=O)N(CCCOC)C2c2ccc(OC)cc2)cc1. The maximum absolute atomic E-state index is 13.0. The third kappa shape index (κ3) is 4.84. The zero-order valence-electron chi connectivity index (χ0n) is 18.2. The third-order valence-corrected chi connectivity index (χ3v) is 5.21. The molecule has 1 aliphatic rings. The van der Waals surface area contributed by atoms with E-state index in [-0.39, 0.29) is 11.3 Å². The molecule has 0 radical (unpaired) electrons. The van der Waals surface area contributed by atoms with E-state index in [0.717, 1.165) is 0 Å². The van der Waals surface area contributed by atoms with Gasteiger partial charge in [-0.05, 0) is 48.4 Å². The van der Waals surface area contributed by atoms with Crippen LogP contribution in [0.3, 0.4) is 0 Å². The van der Waals surface area contributed by atoms with Gasteiger partial charge in [0.2, 0.25) is 0 Å². The standard InChI is InChI=1S/C25H27NO6/c1-4-15-32-20-12-8-18(9-13-20)23(27)21-22(17-6-10-19(31-3)11-7-17)26(14-5-16-30-2)25(29)24(21)28/h4,6-13,22,27H,1,5,14-16H2,2-3H3/b23-21+. The number of hydrogen-bond acceptors (Lipinski definition) is 6. The Balaban J connectivity index is 2.03. The van der Waals surface area contributed by atoms with Crippen LogP contribution in [0.25, 0.3) is 5.76 Å². The molecule has 3 rings (SSSR count). The van der Waals surface area contributed by atoms with Crippen molar-refractivity contribution < 1.29 is 28.9 Å². The average Bonchev–Trinajstić information content (AvgIpc) is 3.08. The minimum atomic E-state index is -0.715. The van der Waals surface area contributed by atoms with Crippen LogP contribution in [0.2, 0.25) is 0 Å². The van der Waals surface area contributed by atoms with Crippen molar-refractivity contribution in [3.8, 4) is 11.5 Å². The van der Waals surface area contributed by atoms with Gasteiger partial charge in [-0.3, -0.25) is 9.59 Å². The number of aliphatic hydroxyl groups excluding tert-OH is 1. The lowest BCUT2D eigenvalue weighted by Crippen LogP contribution is -2.31. The number of ketones is 1. The van der Waals surface area contributed by atoms with Gasteiger partial charge in [-0.15, -0.1) is 0 Å². The molecule has 0 spiro atoms. The number of amides is 1. The number of hydrogen-bond donors (Lipinski definition) is 1. The quantitative estimate of drug-likeness (QED) is 0.201. The first kappa shape index (κ1) is 23.1. The van der Waals surface area contributed by atoms with Gasteiger partial charge in [0.1, 0.15) is 23.9 Å². The Morgan fingerprint density at radius 2 is 1.72 bits per heavy atom. The number of rotatable bonds is 10. The van der Waals surface area contributed by atoms with Crippen LogP contribution in [0.1, 0.15) is 23.6 Å². The highest BCUT2D eigenvalue weighted by Crippen LogP contribution is 2.40. The van der Waals surface area contributed by atoms with E-state index in [2.05, 4.69) is 6.58 Å². The molecule has 1 saturated heterocycles. The monoisotopic (exact) mass is 437 g/mol. The highest BCUT2D eigenvalue weighted by molar-refractivity contribution is 6.46. The molecule has 1 heterocycles. The first-order chi connectivity index (χ1) is 15.5. The van der Waals surface area contributed by atoms with Gasteiger partial charge >= 0.3 is 0 Å². The van der Waals surface area contributed by atoms with Gasteiger partial charge in [0.25, 0.3) is 11.7 Å². The molecule has 0 aliphatic carbocycles. The average molecular weight is 437 g/mol. The Labute approximate surface area is 187 Å². The molecule has 2 aromatic rings. The van der Waals surface area contributed by atoms with Crippen molar-refractivity contribution in [3.63, 3.8) is 0 Å². The number of Topliss-reactive ketones (excluding diaryl/α,β-unsaturated/α-hetero) is 1. The van der Waals surface area contributed by atoms with Crippen molar-refractivity contribution in [2.75, 3.05) is 34.0 Å². The van der Waals surface area contributed by atoms with Crippen molar-refractivity contribution in [2.24, 2.45) is 0 Å². The molecule has 1 atom stereocenters. The number of likely N-dealkylation sites (tertiary alicyclic amines) is 1. The molecule has 0 saturated carbocycles. The minimum Gasteiger partial charge on any atom is -0.507 e. The topological polar surface area (TPSA) is 85.3 Å². The second-order valence-electron chi connectivity index (χ2n) is 7.24. The summed E-state index contributed by atoms with van der Waals surface area (Å²) in [5, 5.41) is 11.1. The van der Waals surface area contributed by atoms with Crippen molar-refractivity contribution in [1.29, 1.82) is 0 Å². The number of carbonyl (C=O) groups excluding carboxylic acids is 2. The lowest BCUT2D eigenvalue weighted by atomic mass is 9.95. The molecule has 1 N–H and O–H groups in total. The molecule has 168 valence electrons. The molecule has 1 fully saturated rings. The van der Waals surface area contributed by atoms with Crippen molar-refractivity contribution >= 4 is 17.4 Å². The normalized spacial score (nSPS) is 17.4. The van der Waals surface area contributed by atoms with Crippen LogP contribution in [0.15, 0.2) is 66.8 Å². The van der Waals surface area contributed by atoms with Crippen LogP contribution >= 0.6 is 0 Å². The van der Waals surface area contributed by atoms with Crippen LogP contribution in [-0.4, -0.2) is 55.7 Å². The summed E-state index contributed by atoms with van der Waals surface area (Å²) in [5.41, 5.74) is 1.18. The highest BCUT2D eigenvalue weighted by atomic mass is 16.5. The van der Waals surface area contributed by atoms with Gasteiger partial charge in [-0.2, -0.15) is 0 Å². The zero-order valence-corrected chi connectivity index (χ0v) is 18.2. The fourth-order valence-electron chi connectivity index (χ4n) is 3.64. The molecule has 7 nitrogen and oxygen atoms in total. The second-order valence-corrected chi connectivity index (χ2v) is 7.24. The summed E-state index contributed by atoms with van der Waals surface area (Å²) >= 11 is 0. The van der Waals surface area contributed by atoms with E-state index in [1.165, 1.54) is 4.90 Å². The number of nitrogens with zero attached hydrogens (tertiary/aromatic N) is 1. The lowest BCUT2D eigenvalue weighted by Gasteiger charge is -2.25. The van der Waals surface area contributed by atoms with E-state index in [9.17, 15) is 14.7 Å². The van der Waals surface area contributed by atoms with Gasteiger partial charge in [-0.1, -0.05) is 24.8 Å². The van der Waals surface area contributed by atoms with E-state index < -0.39 is 17.7 Å². The van der Waals surface area contributed by atoms with Crippen molar-refractivity contribution in [2.45, 2.75) is 12.5 Å². The molecule has 1 unspecified atom stereocenters. The van der Waals surface area contributed by atoms with Gasteiger partial charge in [0.05, 0.1) is 18.7 Å². The van der Waals surface area contributed by atoms with E-state index in [1.807, 2.05) is 0 Å². The Hall–Kier alpha value is -3.58. The van der Waals surface area contributed by atoms with Gasteiger partial charge < -0.3 is 24.2 Å². The molecule has 0 bridgehead atoms. The van der Waals surface area contributed by atoms with E-state index in [4.69, 9.17) is 14.2 Å². The molecular weight excluding hydrogens is 410 g/mol. The maximum Gasteiger partial charge on any atom is 0.295 e. The van der Waals surface area contributed by atoms with Gasteiger partial charge in [0.15, 0.2) is 0 Å². The minimum absolute atomic E-state index is 0.0531. The summed E-state index contributed by atoms with van der Waals surface area (Å²) in [4.78, 5) is 27.3. The summed E-state index contributed by atoms with van der Waals surface area (Å²) < 4.78 is 15.8.